The van der Waals surface area contributed by atoms with Gasteiger partial charge in [-0.15, -0.1) is 0 Å². The Labute approximate surface area is 48.8 Å². The molecule has 2 nitrogen and oxygen atoms in total. The fourth-order valence-electron chi connectivity index (χ4n) is 1.32. The number of rotatable bonds is 0. The van der Waals surface area contributed by atoms with Crippen molar-refractivity contribution >= 4 is 0 Å². The van der Waals surface area contributed by atoms with Crippen molar-refractivity contribution in [3.63, 3.8) is 0 Å². The minimum absolute atomic E-state index is 0.161. The van der Waals surface area contributed by atoms with Crippen LogP contribution in [0.3, 0.4) is 0 Å². The lowest BCUT2D eigenvalue weighted by molar-refractivity contribution is -0.0815. The van der Waals surface area contributed by atoms with Gasteiger partial charge in [0.1, 0.15) is 0 Å². The first kappa shape index (κ1) is 4.77. The molecule has 2 unspecified atom stereocenters. The van der Waals surface area contributed by atoms with Crippen LogP contribution in [0.1, 0.15) is 19.3 Å². The van der Waals surface area contributed by atoms with Crippen molar-refractivity contribution in [2.45, 2.75) is 31.7 Å². The monoisotopic (exact) mass is 114 g/mol. The zero-order valence-electron chi connectivity index (χ0n) is 4.80. The van der Waals surface area contributed by atoms with Gasteiger partial charge in [-0.25, -0.2) is 0 Å². The van der Waals surface area contributed by atoms with Crippen LogP contribution in [0.2, 0.25) is 0 Å². The molecule has 46 valence electrons. The second-order valence-electron chi connectivity index (χ2n) is 2.45. The van der Waals surface area contributed by atoms with Gasteiger partial charge in [-0.2, -0.15) is 0 Å². The molecule has 0 N–H and O–H groups in total. The minimum Gasteiger partial charge on any atom is -0.350 e. The first-order valence-electron chi connectivity index (χ1n) is 3.22. The van der Waals surface area contributed by atoms with Crippen molar-refractivity contribution in [1.29, 1.82) is 0 Å². The molecule has 0 aliphatic carbocycles. The number of hydrogen-bond acceptors (Lipinski definition) is 2. The molecular weight excluding hydrogens is 104 g/mol. The van der Waals surface area contributed by atoms with Gasteiger partial charge in [-0.05, 0) is 19.3 Å². The fourth-order valence-corrected chi connectivity index (χ4v) is 1.32. The van der Waals surface area contributed by atoms with E-state index in [2.05, 4.69) is 0 Å². The van der Waals surface area contributed by atoms with Gasteiger partial charge in [0.25, 0.3) is 0 Å². The number of fused-ring (bicyclic) bond motifs is 2. The molecule has 2 aliphatic rings. The molecule has 8 heavy (non-hydrogen) atoms. The van der Waals surface area contributed by atoms with Crippen LogP contribution in [-0.2, 0) is 9.47 Å². The van der Waals surface area contributed by atoms with E-state index in [4.69, 9.17) is 9.47 Å². The topological polar surface area (TPSA) is 18.5 Å². The zero-order chi connectivity index (χ0) is 5.40. The van der Waals surface area contributed by atoms with Crippen LogP contribution in [0.15, 0.2) is 0 Å². The van der Waals surface area contributed by atoms with E-state index in [-0.39, 0.29) is 6.29 Å². The van der Waals surface area contributed by atoms with E-state index in [1.54, 1.807) is 0 Å². The highest BCUT2D eigenvalue weighted by atomic mass is 16.7. The lowest BCUT2D eigenvalue weighted by Crippen LogP contribution is -2.17. The smallest absolute Gasteiger partial charge is 0.158 e. The van der Waals surface area contributed by atoms with Crippen LogP contribution in [0.25, 0.3) is 0 Å². The molecule has 2 fully saturated rings. The Hall–Kier alpha value is -0.0800. The molecule has 2 saturated heterocycles. The normalized spacial score (nSPS) is 45.0. The fraction of sp³-hybridized carbons (Fsp3) is 1.00. The van der Waals surface area contributed by atoms with Gasteiger partial charge in [0, 0.05) is 0 Å². The predicted molar refractivity (Wildman–Crippen MR) is 28.5 cm³/mol. The van der Waals surface area contributed by atoms with Gasteiger partial charge in [-0.3, -0.25) is 0 Å². The highest BCUT2D eigenvalue weighted by Crippen LogP contribution is 2.25. The van der Waals surface area contributed by atoms with Gasteiger partial charge in [0.15, 0.2) is 6.29 Å². The molecule has 0 aromatic carbocycles. The summed E-state index contributed by atoms with van der Waals surface area (Å²) in [4.78, 5) is 0. The highest BCUT2D eigenvalue weighted by molar-refractivity contribution is 4.71. The summed E-state index contributed by atoms with van der Waals surface area (Å²) in [5.41, 5.74) is 0. The third-order valence-corrected chi connectivity index (χ3v) is 1.78. The molecule has 0 spiro atoms. The van der Waals surface area contributed by atoms with Crippen LogP contribution in [0.4, 0.5) is 0 Å². The second kappa shape index (κ2) is 1.71. The molecule has 2 atom stereocenters. The second-order valence-corrected chi connectivity index (χ2v) is 2.45. The average Bonchev–Trinajstić information content (AvgIpc) is 2.12. The van der Waals surface area contributed by atoms with Crippen molar-refractivity contribution in [2.75, 3.05) is 6.61 Å². The Morgan fingerprint density at radius 1 is 1.25 bits per heavy atom. The molecule has 0 aromatic rings. The highest BCUT2D eigenvalue weighted by Gasteiger charge is 2.29. The molecule has 2 heterocycles. The molecule has 0 radical (unpaired) electrons. The predicted octanol–water partition coefficient (Wildman–Crippen LogP) is 0.912. The van der Waals surface area contributed by atoms with Crippen molar-refractivity contribution in [3.05, 3.63) is 0 Å². The van der Waals surface area contributed by atoms with Crippen LogP contribution >= 0.6 is 0 Å². The summed E-state index contributed by atoms with van der Waals surface area (Å²) in [5.74, 6) is 0. The van der Waals surface area contributed by atoms with Gasteiger partial charge in [-0.1, -0.05) is 0 Å². The molecule has 2 heteroatoms. The molecule has 0 aromatic heterocycles. The maximum absolute atomic E-state index is 5.38. The number of ether oxygens (including phenoxy) is 2. The molecule has 2 rings (SSSR count). The Kier molecular flexibility index (Phi) is 1.02. The SMILES string of the molecule is C1CC2COC(C1)O2. The summed E-state index contributed by atoms with van der Waals surface area (Å²) in [6, 6.07) is 0. The van der Waals surface area contributed by atoms with E-state index in [0.29, 0.717) is 6.10 Å². The number of hydrogen-bond donors (Lipinski definition) is 0. The molecule has 0 amide bonds. The zero-order valence-corrected chi connectivity index (χ0v) is 4.80. The minimum atomic E-state index is 0.161. The summed E-state index contributed by atoms with van der Waals surface area (Å²) in [6.45, 7) is 0.838. The van der Waals surface area contributed by atoms with Crippen LogP contribution in [0, 0.1) is 0 Å². The Morgan fingerprint density at radius 2 is 2.25 bits per heavy atom. The summed E-state index contributed by atoms with van der Waals surface area (Å²) < 4.78 is 10.6. The maximum Gasteiger partial charge on any atom is 0.158 e. The van der Waals surface area contributed by atoms with E-state index in [1.807, 2.05) is 0 Å². The van der Waals surface area contributed by atoms with Gasteiger partial charge in [0.2, 0.25) is 0 Å². The summed E-state index contributed by atoms with van der Waals surface area (Å²) in [6.07, 6.45) is 4.20. The third-order valence-electron chi connectivity index (χ3n) is 1.78. The molecule has 2 aliphatic heterocycles. The molecule has 2 bridgehead atoms. The lowest BCUT2D eigenvalue weighted by atomic mass is 10.1. The van der Waals surface area contributed by atoms with Crippen molar-refractivity contribution < 1.29 is 9.47 Å². The van der Waals surface area contributed by atoms with E-state index in [9.17, 15) is 0 Å². The van der Waals surface area contributed by atoms with E-state index >= 15 is 0 Å². The van der Waals surface area contributed by atoms with E-state index < -0.39 is 0 Å². The summed E-state index contributed by atoms with van der Waals surface area (Å²) in [7, 11) is 0. The van der Waals surface area contributed by atoms with E-state index in [0.717, 1.165) is 13.0 Å². The first-order chi connectivity index (χ1) is 3.95. The third kappa shape index (κ3) is 0.644. The van der Waals surface area contributed by atoms with Crippen molar-refractivity contribution in [2.24, 2.45) is 0 Å². The quantitative estimate of drug-likeness (QED) is 0.466. The van der Waals surface area contributed by atoms with Gasteiger partial charge in [0.05, 0.1) is 12.7 Å². The Balaban J connectivity index is 2.03. The van der Waals surface area contributed by atoms with Crippen LogP contribution in [-0.4, -0.2) is 19.0 Å². The maximum atomic E-state index is 5.38. The van der Waals surface area contributed by atoms with Crippen molar-refractivity contribution in [3.8, 4) is 0 Å². The van der Waals surface area contributed by atoms with Gasteiger partial charge < -0.3 is 9.47 Å². The molecular formula is C6H10O2. The largest absolute Gasteiger partial charge is 0.350 e. The lowest BCUT2D eigenvalue weighted by Gasteiger charge is -2.16. The summed E-state index contributed by atoms with van der Waals surface area (Å²) >= 11 is 0. The van der Waals surface area contributed by atoms with Crippen LogP contribution in [0.5, 0.6) is 0 Å². The molecule has 0 saturated carbocycles. The Morgan fingerprint density at radius 3 is 3.00 bits per heavy atom. The van der Waals surface area contributed by atoms with Crippen LogP contribution < -0.4 is 0 Å². The van der Waals surface area contributed by atoms with Crippen molar-refractivity contribution in [1.82, 2.24) is 0 Å². The van der Waals surface area contributed by atoms with E-state index in [1.165, 1.54) is 12.8 Å². The summed E-state index contributed by atoms with van der Waals surface area (Å²) in [5, 5.41) is 0. The average molecular weight is 114 g/mol. The first-order valence-corrected chi connectivity index (χ1v) is 3.22. The standard InChI is InChI=1S/C6H10O2/c1-2-5-4-7-6(3-1)8-5/h5-6H,1-4H2. The van der Waals surface area contributed by atoms with Gasteiger partial charge >= 0.3 is 0 Å². The Bertz CT molecular complexity index is 78.5.